The van der Waals surface area contributed by atoms with Crippen molar-refractivity contribution in [2.45, 2.75) is 0 Å². The Balaban J connectivity index is 1.10. The fraction of sp³-hybridized carbons (Fsp3) is 0. The molecule has 0 spiro atoms. The Kier molecular flexibility index (Phi) is 7.14. The molecular weight excluding hydrogens is 671 g/mol. The molecule has 0 atom stereocenters. The van der Waals surface area contributed by atoms with Gasteiger partial charge in [0.15, 0.2) is 5.82 Å². The molecule has 0 N–H and O–H groups in total. The third-order valence-electron chi connectivity index (χ3n) is 10.7. The van der Waals surface area contributed by atoms with Gasteiger partial charge in [0.25, 0.3) is 0 Å². The monoisotopic (exact) mass is 701 g/mol. The van der Waals surface area contributed by atoms with Crippen LogP contribution in [0.25, 0.3) is 111 Å². The van der Waals surface area contributed by atoms with Gasteiger partial charge >= 0.3 is 0 Å². The third kappa shape index (κ3) is 5.19. The first-order valence-corrected chi connectivity index (χ1v) is 18.5. The first-order valence-electron chi connectivity index (χ1n) is 18.5. The molecule has 4 nitrogen and oxygen atoms in total. The van der Waals surface area contributed by atoms with Crippen LogP contribution in [0.4, 0.5) is 0 Å². The van der Waals surface area contributed by atoms with Crippen molar-refractivity contribution < 1.29 is 4.42 Å². The zero-order valence-electron chi connectivity index (χ0n) is 29.6. The zero-order valence-corrected chi connectivity index (χ0v) is 29.6. The van der Waals surface area contributed by atoms with Gasteiger partial charge in [-0.05, 0) is 56.9 Å². The van der Waals surface area contributed by atoms with Gasteiger partial charge in [0.2, 0.25) is 0 Å². The van der Waals surface area contributed by atoms with Crippen LogP contribution in [0.5, 0.6) is 0 Å². The van der Waals surface area contributed by atoms with Gasteiger partial charge in [-0.15, -0.1) is 0 Å². The highest BCUT2D eigenvalue weighted by atomic mass is 16.3. The van der Waals surface area contributed by atoms with Crippen LogP contribution >= 0.6 is 0 Å². The SMILES string of the molecule is c1ccc(-c2cc(-c3ccc(-c4cccc5nc(-c6cc7ccccc7c7ccccc67)c6c7ccccc7oc6c45)cc3)nc(-c3ccccc3)n2)cc1. The lowest BCUT2D eigenvalue weighted by Gasteiger charge is -2.14. The highest BCUT2D eigenvalue weighted by Crippen LogP contribution is 2.45. The Hall–Kier alpha value is -7.43. The molecule has 0 aliphatic carbocycles. The minimum atomic E-state index is 0.698. The number of hydrogen-bond acceptors (Lipinski definition) is 4. The minimum Gasteiger partial charge on any atom is -0.455 e. The predicted molar refractivity (Wildman–Crippen MR) is 227 cm³/mol. The number of rotatable bonds is 5. The molecule has 11 rings (SSSR count). The van der Waals surface area contributed by atoms with Crippen LogP contribution < -0.4 is 0 Å². The smallest absolute Gasteiger partial charge is 0.160 e. The molecule has 3 heterocycles. The molecule has 3 aromatic heterocycles. The van der Waals surface area contributed by atoms with Crippen molar-refractivity contribution in [3.8, 4) is 56.3 Å². The van der Waals surface area contributed by atoms with Crippen LogP contribution in [-0.2, 0) is 0 Å². The van der Waals surface area contributed by atoms with Crippen molar-refractivity contribution >= 4 is 54.4 Å². The minimum absolute atomic E-state index is 0.698. The Labute approximate surface area is 317 Å². The summed E-state index contributed by atoms with van der Waals surface area (Å²) < 4.78 is 6.84. The van der Waals surface area contributed by atoms with Gasteiger partial charge in [-0.1, -0.05) is 164 Å². The van der Waals surface area contributed by atoms with E-state index in [1.807, 2.05) is 42.5 Å². The van der Waals surface area contributed by atoms with Crippen LogP contribution in [-0.4, -0.2) is 15.0 Å². The predicted octanol–water partition coefficient (Wildman–Crippen LogP) is 13.6. The molecule has 0 aliphatic rings. The Bertz CT molecular complexity index is 3180. The second-order valence-corrected chi connectivity index (χ2v) is 13.9. The van der Waals surface area contributed by atoms with Gasteiger partial charge in [-0.25, -0.2) is 15.0 Å². The molecule has 0 amide bonds. The van der Waals surface area contributed by atoms with E-state index in [1.54, 1.807) is 0 Å². The number of hydrogen-bond donors (Lipinski definition) is 0. The van der Waals surface area contributed by atoms with Gasteiger partial charge in [0, 0.05) is 27.6 Å². The van der Waals surface area contributed by atoms with Crippen LogP contribution in [0.3, 0.4) is 0 Å². The fourth-order valence-corrected chi connectivity index (χ4v) is 8.08. The highest BCUT2D eigenvalue weighted by Gasteiger charge is 2.22. The number of fused-ring (bicyclic) bond motifs is 8. The quantitative estimate of drug-likeness (QED) is 0.168. The van der Waals surface area contributed by atoms with Crippen molar-refractivity contribution in [2.75, 3.05) is 0 Å². The zero-order chi connectivity index (χ0) is 36.3. The van der Waals surface area contributed by atoms with Gasteiger partial charge in [-0.3, -0.25) is 0 Å². The first kappa shape index (κ1) is 31.1. The van der Waals surface area contributed by atoms with E-state index in [9.17, 15) is 0 Å². The molecule has 55 heavy (non-hydrogen) atoms. The molecule has 0 saturated heterocycles. The molecule has 8 aromatic carbocycles. The molecule has 0 aliphatic heterocycles. The summed E-state index contributed by atoms with van der Waals surface area (Å²) in [6, 6.07) is 65.4. The van der Waals surface area contributed by atoms with Crippen molar-refractivity contribution in [3.63, 3.8) is 0 Å². The molecule has 4 heteroatoms. The van der Waals surface area contributed by atoms with E-state index in [-0.39, 0.29) is 0 Å². The number of nitrogens with zero attached hydrogens (tertiary/aromatic N) is 3. The second-order valence-electron chi connectivity index (χ2n) is 13.9. The summed E-state index contributed by atoms with van der Waals surface area (Å²) in [6.45, 7) is 0. The maximum Gasteiger partial charge on any atom is 0.160 e. The molecule has 0 unspecified atom stereocenters. The van der Waals surface area contributed by atoms with Crippen LogP contribution in [0, 0.1) is 0 Å². The highest BCUT2D eigenvalue weighted by molar-refractivity contribution is 6.25. The van der Waals surface area contributed by atoms with Crippen LogP contribution in [0.2, 0.25) is 0 Å². The average Bonchev–Trinajstić information content (AvgIpc) is 3.66. The number of pyridine rings is 1. The summed E-state index contributed by atoms with van der Waals surface area (Å²) in [4.78, 5) is 15.5. The summed E-state index contributed by atoms with van der Waals surface area (Å²) in [7, 11) is 0. The maximum atomic E-state index is 6.84. The lowest BCUT2D eigenvalue weighted by atomic mass is 9.92. The Morgan fingerprint density at radius 3 is 1.73 bits per heavy atom. The molecule has 256 valence electrons. The Morgan fingerprint density at radius 2 is 0.964 bits per heavy atom. The van der Waals surface area contributed by atoms with Crippen molar-refractivity contribution in [2.24, 2.45) is 0 Å². The number of aromatic nitrogens is 3. The molecule has 11 aromatic rings. The summed E-state index contributed by atoms with van der Waals surface area (Å²) in [6.07, 6.45) is 0. The van der Waals surface area contributed by atoms with Crippen LogP contribution in [0.1, 0.15) is 0 Å². The van der Waals surface area contributed by atoms with E-state index >= 15 is 0 Å². The standard InChI is InChI=1S/C51H31N3O/c1-3-14-33(15-4-1)44-31-45(54-51(53-44)35-16-5-2-6-17-35)34-28-26-32(27-29-34)38-23-13-24-43-47(38)50-48(41-22-11-12-25-46(41)55-50)49(52-43)42-30-36-18-7-8-19-37(36)39-20-9-10-21-40(39)42/h1-31H. The summed E-state index contributed by atoms with van der Waals surface area (Å²) in [5, 5.41) is 7.87. The van der Waals surface area contributed by atoms with E-state index in [2.05, 4.69) is 146 Å². The average molecular weight is 702 g/mol. The van der Waals surface area contributed by atoms with E-state index in [0.29, 0.717) is 5.82 Å². The summed E-state index contributed by atoms with van der Waals surface area (Å²) in [5.41, 5.74) is 11.5. The summed E-state index contributed by atoms with van der Waals surface area (Å²) in [5.74, 6) is 0.698. The topological polar surface area (TPSA) is 51.8 Å². The molecular formula is C51H31N3O. The van der Waals surface area contributed by atoms with Gasteiger partial charge in [-0.2, -0.15) is 0 Å². The first-order chi connectivity index (χ1) is 27.3. The van der Waals surface area contributed by atoms with Gasteiger partial charge in [0.1, 0.15) is 11.2 Å². The summed E-state index contributed by atoms with van der Waals surface area (Å²) >= 11 is 0. The van der Waals surface area contributed by atoms with E-state index in [0.717, 1.165) is 83.3 Å². The third-order valence-corrected chi connectivity index (χ3v) is 10.7. The Morgan fingerprint density at radius 1 is 0.364 bits per heavy atom. The van der Waals surface area contributed by atoms with Crippen molar-refractivity contribution in [1.82, 2.24) is 15.0 Å². The fourth-order valence-electron chi connectivity index (χ4n) is 8.08. The maximum absolute atomic E-state index is 6.84. The van der Waals surface area contributed by atoms with E-state index < -0.39 is 0 Å². The number of benzene rings is 8. The van der Waals surface area contributed by atoms with Gasteiger partial charge < -0.3 is 4.42 Å². The molecule has 0 saturated carbocycles. The lowest BCUT2D eigenvalue weighted by molar-refractivity contribution is 0.672. The number of para-hydroxylation sites is 1. The molecule has 0 fully saturated rings. The van der Waals surface area contributed by atoms with E-state index in [4.69, 9.17) is 19.4 Å². The van der Waals surface area contributed by atoms with Crippen molar-refractivity contribution in [1.29, 1.82) is 0 Å². The second kappa shape index (κ2) is 12.6. The number of furan rings is 1. The van der Waals surface area contributed by atoms with E-state index in [1.165, 1.54) is 21.5 Å². The lowest BCUT2D eigenvalue weighted by Crippen LogP contribution is -1.96. The molecule has 0 bridgehead atoms. The van der Waals surface area contributed by atoms with Gasteiger partial charge in [0.05, 0.1) is 33.4 Å². The normalized spacial score (nSPS) is 11.6. The molecule has 0 radical (unpaired) electrons. The van der Waals surface area contributed by atoms with Crippen molar-refractivity contribution in [3.05, 3.63) is 188 Å². The largest absolute Gasteiger partial charge is 0.455 e. The van der Waals surface area contributed by atoms with Crippen LogP contribution in [0.15, 0.2) is 192 Å².